The number of carbonyl (C=O) groups is 1. The van der Waals surface area contributed by atoms with E-state index in [0.29, 0.717) is 18.8 Å². The van der Waals surface area contributed by atoms with E-state index in [4.69, 9.17) is 9.47 Å². The summed E-state index contributed by atoms with van der Waals surface area (Å²) in [6, 6.07) is 0. The first-order valence-corrected chi connectivity index (χ1v) is 4.77. The molecule has 0 rings (SSSR count). The van der Waals surface area contributed by atoms with Gasteiger partial charge in [-0.1, -0.05) is 18.7 Å². The number of hydrogen-bond donors (Lipinski definition) is 0. The standard InChI is InChI=1S/C12H18O3/c1-5-7-14-9-11(4)12(13)15-8-10(3)6-2/h5-6H,1,4,7-9H2,2-3H3. The number of hydrogen-bond acceptors (Lipinski definition) is 3. The van der Waals surface area contributed by atoms with Crippen molar-refractivity contribution in [1.82, 2.24) is 0 Å². The van der Waals surface area contributed by atoms with Crippen LogP contribution < -0.4 is 0 Å². The second kappa shape index (κ2) is 8.00. The number of carbonyl (C=O) groups excluding carboxylic acids is 1. The van der Waals surface area contributed by atoms with Crippen molar-refractivity contribution in [2.45, 2.75) is 13.8 Å². The topological polar surface area (TPSA) is 35.5 Å². The lowest BCUT2D eigenvalue weighted by atomic mass is 10.3. The van der Waals surface area contributed by atoms with Crippen molar-refractivity contribution in [3.8, 4) is 0 Å². The van der Waals surface area contributed by atoms with Crippen molar-refractivity contribution in [1.29, 1.82) is 0 Å². The predicted molar refractivity (Wildman–Crippen MR) is 60.5 cm³/mol. The first-order valence-electron chi connectivity index (χ1n) is 4.77. The second-order valence-corrected chi connectivity index (χ2v) is 3.12. The van der Waals surface area contributed by atoms with Gasteiger partial charge in [-0.2, -0.15) is 0 Å². The first kappa shape index (κ1) is 13.7. The van der Waals surface area contributed by atoms with Crippen LogP contribution in [0.4, 0.5) is 0 Å². The molecule has 0 saturated carbocycles. The van der Waals surface area contributed by atoms with E-state index >= 15 is 0 Å². The molecular formula is C12H18O3. The molecule has 0 unspecified atom stereocenters. The Morgan fingerprint density at radius 2 is 2.07 bits per heavy atom. The summed E-state index contributed by atoms with van der Waals surface area (Å²) in [5, 5.41) is 0. The molecule has 0 heterocycles. The molecule has 0 aromatic heterocycles. The summed E-state index contributed by atoms with van der Waals surface area (Å²) >= 11 is 0. The summed E-state index contributed by atoms with van der Waals surface area (Å²) in [6.45, 7) is 11.7. The molecule has 0 aromatic carbocycles. The molecule has 0 N–H and O–H groups in total. The molecule has 3 heteroatoms. The van der Waals surface area contributed by atoms with Gasteiger partial charge in [0.25, 0.3) is 0 Å². The summed E-state index contributed by atoms with van der Waals surface area (Å²) in [6.07, 6.45) is 3.51. The molecular weight excluding hydrogens is 192 g/mol. The van der Waals surface area contributed by atoms with Gasteiger partial charge in [0.05, 0.1) is 18.8 Å². The zero-order chi connectivity index (χ0) is 11.7. The predicted octanol–water partition coefficient (Wildman–Crippen LogP) is 2.25. The maximum Gasteiger partial charge on any atom is 0.336 e. The highest BCUT2D eigenvalue weighted by Crippen LogP contribution is 1.99. The van der Waals surface area contributed by atoms with Crippen LogP contribution in [0.25, 0.3) is 0 Å². The van der Waals surface area contributed by atoms with Gasteiger partial charge in [-0.25, -0.2) is 4.79 Å². The van der Waals surface area contributed by atoms with E-state index in [-0.39, 0.29) is 6.61 Å². The van der Waals surface area contributed by atoms with Crippen molar-refractivity contribution in [3.63, 3.8) is 0 Å². The van der Waals surface area contributed by atoms with Gasteiger partial charge in [-0.05, 0) is 19.4 Å². The summed E-state index contributed by atoms with van der Waals surface area (Å²) < 4.78 is 10.0. The lowest BCUT2D eigenvalue weighted by Gasteiger charge is -2.07. The average Bonchev–Trinajstić information content (AvgIpc) is 2.25. The largest absolute Gasteiger partial charge is 0.458 e. The first-order chi connectivity index (χ1) is 7.11. The van der Waals surface area contributed by atoms with Crippen molar-refractivity contribution in [3.05, 3.63) is 36.5 Å². The van der Waals surface area contributed by atoms with Crippen molar-refractivity contribution < 1.29 is 14.3 Å². The van der Waals surface area contributed by atoms with E-state index in [2.05, 4.69) is 13.2 Å². The Bertz CT molecular complexity index is 264. The molecule has 0 bridgehead atoms. The molecule has 3 nitrogen and oxygen atoms in total. The molecule has 84 valence electrons. The second-order valence-electron chi connectivity index (χ2n) is 3.12. The molecule has 15 heavy (non-hydrogen) atoms. The third kappa shape index (κ3) is 6.69. The van der Waals surface area contributed by atoms with Crippen LogP contribution in [0, 0.1) is 0 Å². The fraction of sp³-hybridized carbons (Fsp3) is 0.417. The molecule has 0 fully saturated rings. The van der Waals surface area contributed by atoms with Gasteiger partial charge in [-0.3, -0.25) is 0 Å². The summed E-state index contributed by atoms with van der Waals surface area (Å²) in [4.78, 5) is 11.3. The van der Waals surface area contributed by atoms with Crippen LogP contribution in [-0.4, -0.2) is 25.8 Å². The molecule has 0 radical (unpaired) electrons. The van der Waals surface area contributed by atoms with Gasteiger partial charge in [0.2, 0.25) is 0 Å². The fourth-order valence-corrected chi connectivity index (χ4v) is 0.689. The quantitative estimate of drug-likeness (QED) is 0.280. The smallest absolute Gasteiger partial charge is 0.336 e. The Morgan fingerprint density at radius 3 is 2.60 bits per heavy atom. The van der Waals surface area contributed by atoms with Crippen LogP contribution in [0.5, 0.6) is 0 Å². The van der Waals surface area contributed by atoms with Gasteiger partial charge in [0.1, 0.15) is 6.61 Å². The van der Waals surface area contributed by atoms with E-state index < -0.39 is 5.97 Å². The summed E-state index contributed by atoms with van der Waals surface area (Å²) in [5.74, 6) is -0.416. The zero-order valence-electron chi connectivity index (χ0n) is 9.41. The Labute approximate surface area is 91.1 Å². The molecule has 0 aliphatic heterocycles. The van der Waals surface area contributed by atoms with E-state index in [1.54, 1.807) is 6.08 Å². The highest BCUT2D eigenvalue weighted by Gasteiger charge is 2.08. The monoisotopic (exact) mass is 210 g/mol. The minimum absolute atomic E-state index is 0.180. The van der Waals surface area contributed by atoms with E-state index in [9.17, 15) is 4.79 Å². The van der Waals surface area contributed by atoms with Gasteiger partial charge in [0.15, 0.2) is 0 Å². The van der Waals surface area contributed by atoms with Crippen LogP contribution in [0.1, 0.15) is 13.8 Å². The highest BCUT2D eigenvalue weighted by atomic mass is 16.5. The van der Waals surface area contributed by atoms with Crippen molar-refractivity contribution in [2.75, 3.05) is 19.8 Å². The van der Waals surface area contributed by atoms with Crippen LogP contribution in [0.15, 0.2) is 36.5 Å². The Kier molecular flexibility index (Phi) is 7.28. The number of allylic oxidation sites excluding steroid dienone is 1. The maximum absolute atomic E-state index is 11.3. The summed E-state index contributed by atoms with van der Waals surface area (Å²) in [5.41, 5.74) is 1.32. The lowest BCUT2D eigenvalue weighted by molar-refractivity contribution is -0.138. The van der Waals surface area contributed by atoms with Crippen LogP contribution >= 0.6 is 0 Å². The number of rotatable bonds is 7. The fourth-order valence-electron chi connectivity index (χ4n) is 0.689. The zero-order valence-corrected chi connectivity index (χ0v) is 9.41. The molecule has 0 saturated heterocycles. The minimum Gasteiger partial charge on any atom is -0.458 e. The Balaban J connectivity index is 3.79. The van der Waals surface area contributed by atoms with Crippen LogP contribution in [0.2, 0.25) is 0 Å². The van der Waals surface area contributed by atoms with E-state index in [1.807, 2.05) is 19.9 Å². The molecule has 0 aromatic rings. The Hall–Kier alpha value is -1.35. The van der Waals surface area contributed by atoms with E-state index in [1.165, 1.54) is 0 Å². The molecule has 0 amide bonds. The lowest BCUT2D eigenvalue weighted by Crippen LogP contribution is -2.13. The maximum atomic E-state index is 11.3. The highest BCUT2D eigenvalue weighted by molar-refractivity contribution is 5.88. The minimum atomic E-state index is -0.416. The molecule has 0 aliphatic rings. The van der Waals surface area contributed by atoms with Crippen molar-refractivity contribution >= 4 is 5.97 Å². The third-order valence-electron chi connectivity index (χ3n) is 1.72. The van der Waals surface area contributed by atoms with Crippen LogP contribution in [-0.2, 0) is 14.3 Å². The SMILES string of the molecule is C=CCOCC(=C)C(=O)OCC(C)=CC. The van der Waals surface area contributed by atoms with Crippen LogP contribution in [0.3, 0.4) is 0 Å². The summed E-state index contributed by atoms with van der Waals surface area (Å²) in [7, 11) is 0. The van der Waals surface area contributed by atoms with Gasteiger partial charge in [-0.15, -0.1) is 6.58 Å². The average molecular weight is 210 g/mol. The molecule has 0 atom stereocenters. The number of esters is 1. The molecule has 0 aliphatic carbocycles. The third-order valence-corrected chi connectivity index (χ3v) is 1.72. The van der Waals surface area contributed by atoms with E-state index in [0.717, 1.165) is 5.57 Å². The Morgan fingerprint density at radius 1 is 1.40 bits per heavy atom. The van der Waals surface area contributed by atoms with Gasteiger partial charge in [0, 0.05) is 0 Å². The normalized spacial score (nSPS) is 10.9. The molecule has 0 spiro atoms. The van der Waals surface area contributed by atoms with Gasteiger partial charge >= 0.3 is 5.97 Å². The van der Waals surface area contributed by atoms with Gasteiger partial charge < -0.3 is 9.47 Å². The number of ether oxygens (including phenoxy) is 2. The van der Waals surface area contributed by atoms with Crippen molar-refractivity contribution in [2.24, 2.45) is 0 Å².